The van der Waals surface area contributed by atoms with E-state index in [1.807, 2.05) is 7.05 Å². The zero-order chi connectivity index (χ0) is 18.4. The van der Waals surface area contributed by atoms with E-state index in [4.69, 9.17) is 0 Å². The van der Waals surface area contributed by atoms with Gasteiger partial charge in [0.05, 0.1) is 17.2 Å². The minimum atomic E-state index is 0.484. The van der Waals surface area contributed by atoms with Crippen molar-refractivity contribution < 1.29 is 0 Å². The summed E-state index contributed by atoms with van der Waals surface area (Å²) >= 11 is 1.75. The number of aliphatic imine (C=N–C) groups is 1. The zero-order valence-electron chi connectivity index (χ0n) is 16.0. The van der Waals surface area contributed by atoms with Crippen LogP contribution in [0.4, 0.5) is 0 Å². The first-order valence-corrected chi connectivity index (χ1v) is 10.1. The standard InChI is InChI=1S/C20H29N5S/c1-15-19(26-16(2)23-15)13-22-20(21-3)24-18-9-11-25(12-10-18)14-17-7-5-4-6-8-17/h4-8,18H,9-14H2,1-3H3,(H2,21,22,24). The topological polar surface area (TPSA) is 52.6 Å². The van der Waals surface area contributed by atoms with Crippen molar-refractivity contribution in [3.63, 3.8) is 0 Å². The molecule has 2 heterocycles. The molecule has 1 aromatic heterocycles. The lowest BCUT2D eigenvalue weighted by molar-refractivity contribution is 0.198. The van der Waals surface area contributed by atoms with E-state index in [1.54, 1.807) is 11.3 Å². The van der Waals surface area contributed by atoms with Gasteiger partial charge in [-0.2, -0.15) is 0 Å². The average Bonchev–Trinajstić information content (AvgIpc) is 2.98. The molecule has 6 heteroatoms. The Kier molecular flexibility index (Phi) is 6.63. The fraction of sp³-hybridized carbons (Fsp3) is 0.500. The molecule has 0 bridgehead atoms. The maximum Gasteiger partial charge on any atom is 0.191 e. The lowest BCUT2D eigenvalue weighted by Gasteiger charge is -2.33. The van der Waals surface area contributed by atoms with E-state index in [9.17, 15) is 0 Å². The summed E-state index contributed by atoms with van der Waals surface area (Å²) in [6, 6.07) is 11.2. The van der Waals surface area contributed by atoms with Gasteiger partial charge in [0.25, 0.3) is 0 Å². The molecular formula is C20H29N5S. The molecule has 1 aliphatic heterocycles. The molecule has 0 atom stereocenters. The van der Waals surface area contributed by atoms with Gasteiger partial charge in [0.15, 0.2) is 5.96 Å². The summed E-state index contributed by atoms with van der Waals surface area (Å²) in [7, 11) is 1.84. The minimum Gasteiger partial charge on any atom is -0.354 e. The molecular weight excluding hydrogens is 342 g/mol. The maximum atomic E-state index is 4.49. The fourth-order valence-electron chi connectivity index (χ4n) is 3.37. The Balaban J connectivity index is 1.43. The third-order valence-electron chi connectivity index (χ3n) is 4.82. The van der Waals surface area contributed by atoms with Crippen LogP contribution in [0.2, 0.25) is 0 Å². The van der Waals surface area contributed by atoms with Crippen molar-refractivity contribution in [1.82, 2.24) is 20.5 Å². The number of hydrogen-bond donors (Lipinski definition) is 2. The van der Waals surface area contributed by atoms with Crippen LogP contribution in [0.1, 0.15) is 34.0 Å². The molecule has 1 aromatic carbocycles. The van der Waals surface area contributed by atoms with Gasteiger partial charge in [0.1, 0.15) is 0 Å². The Morgan fingerprint density at radius 1 is 1.23 bits per heavy atom. The number of thiazole rings is 1. The quantitative estimate of drug-likeness (QED) is 0.626. The molecule has 26 heavy (non-hydrogen) atoms. The van der Waals surface area contributed by atoms with Gasteiger partial charge in [-0.15, -0.1) is 11.3 Å². The smallest absolute Gasteiger partial charge is 0.191 e. The molecule has 2 aromatic rings. The number of nitrogens with one attached hydrogen (secondary N) is 2. The molecule has 0 aliphatic carbocycles. The van der Waals surface area contributed by atoms with Crippen molar-refractivity contribution in [1.29, 1.82) is 0 Å². The van der Waals surface area contributed by atoms with E-state index in [-0.39, 0.29) is 0 Å². The van der Waals surface area contributed by atoms with E-state index >= 15 is 0 Å². The first kappa shape index (κ1) is 18.9. The molecule has 0 radical (unpaired) electrons. The predicted molar refractivity (Wildman–Crippen MR) is 110 cm³/mol. The number of piperidine rings is 1. The molecule has 0 saturated carbocycles. The maximum absolute atomic E-state index is 4.49. The third kappa shape index (κ3) is 5.29. The van der Waals surface area contributed by atoms with Gasteiger partial charge in [-0.3, -0.25) is 9.89 Å². The van der Waals surface area contributed by atoms with Gasteiger partial charge in [-0.1, -0.05) is 30.3 Å². The summed E-state index contributed by atoms with van der Waals surface area (Å²) < 4.78 is 0. The van der Waals surface area contributed by atoms with Gasteiger partial charge >= 0.3 is 0 Å². The number of aryl methyl sites for hydroxylation is 2. The summed E-state index contributed by atoms with van der Waals surface area (Å²) in [4.78, 5) is 12.7. The normalized spacial score (nSPS) is 16.7. The van der Waals surface area contributed by atoms with Crippen LogP contribution < -0.4 is 10.6 Å². The van der Waals surface area contributed by atoms with Gasteiger partial charge in [-0.25, -0.2) is 4.98 Å². The van der Waals surface area contributed by atoms with Crippen molar-refractivity contribution in [2.24, 2.45) is 4.99 Å². The van der Waals surface area contributed by atoms with Crippen LogP contribution in [0.3, 0.4) is 0 Å². The zero-order valence-corrected chi connectivity index (χ0v) is 16.8. The highest BCUT2D eigenvalue weighted by Gasteiger charge is 2.20. The van der Waals surface area contributed by atoms with Crippen LogP contribution in [-0.2, 0) is 13.1 Å². The van der Waals surface area contributed by atoms with Crippen molar-refractivity contribution in [3.8, 4) is 0 Å². The molecule has 0 spiro atoms. The number of benzene rings is 1. The Morgan fingerprint density at radius 3 is 2.58 bits per heavy atom. The van der Waals surface area contributed by atoms with Crippen LogP contribution in [0, 0.1) is 13.8 Å². The van der Waals surface area contributed by atoms with E-state index < -0.39 is 0 Å². The second-order valence-electron chi connectivity index (χ2n) is 6.85. The van der Waals surface area contributed by atoms with E-state index in [1.165, 1.54) is 10.4 Å². The van der Waals surface area contributed by atoms with Crippen LogP contribution >= 0.6 is 11.3 Å². The number of rotatable bonds is 5. The minimum absolute atomic E-state index is 0.484. The molecule has 140 valence electrons. The Hall–Kier alpha value is -1.92. The van der Waals surface area contributed by atoms with E-state index in [2.05, 4.69) is 69.7 Å². The highest BCUT2D eigenvalue weighted by Crippen LogP contribution is 2.17. The molecule has 1 fully saturated rings. The lowest BCUT2D eigenvalue weighted by Crippen LogP contribution is -2.48. The third-order valence-corrected chi connectivity index (χ3v) is 5.89. The molecule has 3 rings (SSSR count). The van der Waals surface area contributed by atoms with Gasteiger partial charge < -0.3 is 10.6 Å². The number of nitrogens with zero attached hydrogens (tertiary/aromatic N) is 3. The van der Waals surface area contributed by atoms with Crippen LogP contribution in [0.25, 0.3) is 0 Å². The number of aromatic nitrogens is 1. The summed E-state index contributed by atoms with van der Waals surface area (Å²) in [6.07, 6.45) is 2.29. The molecule has 0 amide bonds. The summed E-state index contributed by atoms with van der Waals surface area (Å²) in [5.74, 6) is 0.886. The van der Waals surface area contributed by atoms with Crippen molar-refractivity contribution in [3.05, 3.63) is 51.5 Å². The summed E-state index contributed by atoms with van der Waals surface area (Å²) in [5, 5.41) is 8.14. The fourth-order valence-corrected chi connectivity index (χ4v) is 4.24. The first-order valence-electron chi connectivity index (χ1n) is 9.30. The van der Waals surface area contributed by atoms with E-state index in [0.29, 0.717) is 6.04 Å². The number of hydrogen-bond acceptors (Lipinski definition) is 4. The largest absolute Gasteiger partial charge is 0.354 e. The highest BCUT2D eigenvalue weighted by atomic mass is 32.1. The van der Waals surface area contributed by atoms with Crippen LogP contribution in [0.15, 0.2) is 35.3 Å². The van der Waals surface area contributed by atoms with Crippen molar-refractivity contribution in [2.45, 2.75) is 45.8 Å². The monoisotopic (exact) mass is 371 g/mol. The average molecular weight is 372 g/mol. The summed E-state index contributed by atoms with van der Waals surface area (Å²) in [5.41, 5.74) is 2.51. The highest BCUT2D eigenvalue weighted by molar-refractivity contribution is 7.11. The predicted octanol–water partition coefficient (Wildman–Crippen LogP) is 3.09. The molecule has 1 saturated heterocycles. The second kappa shape index (κ2) is 9.14. The number of guanidine groups is 1. The molecule has 5 nitrogen and oxygen atoms in total. The first-order chi connectivity index (χ1) is 12.6. The second-order valence-corrected chi connectivity index (χ2v) is 8.14. The van der Waals surface area contributed by atoms with Crippen molar-refractivity contribution >= 4 is 17.3 Å². The number of likely N-dealkylation sites (tertiary alicyclic amines) is 1. The molecule has 2 N–H and O–H groups in total. The van der Waals surface area contributed by atoms with Crippen molar-refractivity contribution in [2.75, 3.05) is 20.1 Å². The summed E-state index contributed by atoms with van der Waals surface area (Å²) in [6.45, 7) is 8.19. The van der Waals surface area contributed by atoms with Gasteiger partial charge in [-0.05, 0) is 32.3 Å². The Morgan fingerprint density at radius 2 is 1.96 bits per heavy atom. The lowest BCUT2D eigenvalue weighted by atomic mass is 10.0. The van der Waals surface area contributed by atoms with Crippen LogP contribution in [0.5, 0.6) is 0 Å². The SMILES string of the molecule is CN=C(NCc1sc(C)nc1C)NC1CCN(Cc2ccccc2)CC1. The Bertz CT molecular complexity index is 717. The van der Waals surface area contributed by atoms with Crippen LogP contribution in [-0.4, -0.2) is 42.0 Å². The Labute approximate surface area is 160 Å². The molecule has 1 aliphatic rings. The van der Waals surface area contributed by atoms with E-state index in [0.717, 1.165) is 55.7 Å². The van der Waals surface area contributed by atoms with Gasteiger partial charge in [0, 0.05) is 37.6 Å². The van der Waals surface area contributed by atoms with Gasteiger partial charge in [0.2, 0.25) is 0 Å². The molecule has 0 unspecified atom stereocenters.